The van der Waals surface area contributed by atoms with Gasteiger partial charge in [0.15, 0.2) is 0 Å². The van der Waals surface area contributed by atoms with Crippen LogP contribution in [0.1, 0.15) is 6.42 Å². The number of hydrogen-bond donors (Lipinski definition) is 1. The number of hydrogen-bond acceptors (Lipinski definition) is 4. The van der Waals surface area contributed by atoms with Crippen molar-refractivity contribution in [1.82, 2.24) is 5.32 Å². The van der Waals surface area contributed by atoms with Gasteiger partial charge in [-0.3, -0.25) is 0 Å². The van der Waals surface area contributed by atoms with Gasteiger partial charge in [-0.25, -0.2) is 9.59 Å². The third kappa shape index (κ3) is 5.51. The van der Waals surface area contributed by atoms with E-state index in [0.29, 0.717) is 0 Å². The second-order valence-corrected chi connectivity index (χ2v) is 2.63. The highest BCUT2D eigenvalue weighted by Gasteiger charge is 2.20. The van der Waals surface area contributed by atoms with Crippen molar-refractivity contribution in [2.24, 2.45) is 0 Å². The molecule has 0 aliphatic carbocycles. The van der Waals surface area contributed by atoms with Crippen LogP contribution in [-0.2, 0) is 14.3 Å². The molecule has 0 aromatic heterocycles. The van der Waals surface area contributed by atoms with E-state index in [-0.39, 0.29) is 13.0 Å². The number of carbonyl (C=O) groups excluding carboxylic acids is 2. The number of ether oxygens (including phenoxy) is 2. The zero-order valence-electron chi connectivity index (χ0n) is 8.69. The Balaban J connectivity index is 4.14. The van der Waals surface area contributed by atoms with Gasteiger partial charge in [0.25, 0.3) is 0 Å². The van der Waals surface area contributed by atoms with Gasteiger partial charge in [0.1, 0.15) is 12.6 Å². The normalized spacial score (nSPS) is 11.0. The molecule has 15 heavy (non-hydrogen) atoms. The zero-order valence-corrected chi connectivity index (χ0v) is 8.69. The molecule has 5 nitrogen and oxygen atoms in total. The quantitative estimate of drug-likeness (QED) is 0.528. The maximum Gasteiger partial charge on any atom is 0.408 e. The summed E-state index contributed by atoms with van der Waals surface area (Å²) in [5.74, 6) is -0.537. The minimum atomic E-state index is -0.759. The van der Waals surface area contributed by atoms with Crippen LogP contribution in [0, 0.1) is 0 Å². The average Bonchev–Trinajstić information content (AvgIpc) is 2.24. The summed E-state index contributed by atoms with van der Waals surface area (Å²) in [6.45, 7) is 6.95. The summed E-state index contributed by atoms with van der Waals surface area (Å²) in [6, 6.07) is -0.759. The molecule has 0 spiro atoms. The highest BCUT2D eigenvalue weighted by molar-refractivity contribution is 5.81. The first kappa shape index (κ1) is 13.2. The summed E-state index contributed by atoms with van der Waals surface area (Å²) in [7, 11) is 1.25. The lowest BCUT2D eigenvalue weighted by molar-refractivity contribution is -0.142. The molecule has 0 aliphatic heterocycles. The van der Waals surface area contributed by atoms with Crippen molar-refractivity contribution in [2.75, 3.05) is 13.7 Å². The number of methoxy groups -OCH3 is 1. The van der Waals surface area contributed by atoms with Crippen LogP contribution in [0.15, 0.2) is 25.3 Å². The first-order valence-electron chi connectivity index (χ1n) is 4.38. The fourth-order valence-electron chi connectivity index (χ4n) is 0.842. The van der Waals surface area contributed by atoms with Gasteiger partial charge in [0, 0.05) is 0 Å². The van der Waals surface area contributed by atoms with E-state index in [2.05, 4.69) is 27.9 Å². The molecule has 0 heterocycles. The molecule has 5 heteroatoms. The van der Waals surface area contributed by atoms with Gasteiger partial charge in [-0.15, -0.1) is 6.58 Å². The second-order valence-electron chi connectivity index (χ2n) is 2.63. The maximum absolute atomic E-state index is 11.2. The number of esters is 1. The van der Waals surface area contributed by atoms with Crippen molar-refractivity contribution in [2.45, 2.75) is 12.5 Å². The number of amides is 1. The molecule has 1 N–H and O–H groups in total. The molecule has 84 valence electrons. The molecule has 0 saturated heterocycles. The molecule has 0 rings (SSSR count). The third-order valence-electron chi connectivity index (χ3n) is 1.51. The van der Waals surface area contributed by atoms with Crippen LogP contribution in [0.25, 0.3) is 0 Å². The lowest BCUT2D eigenvalue weighted by atomic mass is 10.2. The first-order chi connectivity index (χ1) is 7.15. The fourth-order valence-corrected chi connectivity index (χ4v) is 0.842. The number of alkyl carbamates (subject to hydrolysis) is 1. The van der Waals surface area contributed by atoms with Crippen LogP contribution in [0.2, 0.25) is 0 Å². The molecule has 1 amide bonds. The largest absolute Gasteiger partial charge is 0.467 e. The van der Waals surface area contributed by atoms with Gasteiger partial charge in [0.05, 0.1) is 7.11 Å². The van der Waals surface area contributed by atoms with E-state index in [1.165, 1.54) is 19.3 Å². The monoisotopic (exact) mass is 213 g/mol. The van der Waals surface area contributed by atoms with Crippen LogP contribution >= 0.6 is 0 Å². The molecule has 0 aliphatic rings. The van der Waals surface area contributed by atoms with Crippen LogP contribution in [-0.4, -0.2) is 31.8 Å². The van der Waals surface area contributed by atoms with Crippen LogP contribution in [0.4, 0.5) is 4.79 Å². The van der Waals surface area contributed by atoms with Crippen LogP contribution in [0.5, 0.6) is 0 Å². The molecular weight excluding hydrogens is 198 g/mol. The van der Waals surface area contributed by atoms with Crippen LogP contribution < -0.4 is 5.32 Å². The van der Waals surface area contributed by atoms with Crippen molar-refractivity contribution in [3.8, 4) is 0 Å². The van der Waals surface area contributed by atoms with Gasteiger partial charge in [0.2, 0.25) is 0 Å². The predicted octanol–water partition coefficient (Wildman–Crippen LogP) is 1.02. The molecular formula is C10H15NO4. The van der Waals surface area contributed by atoms with Crippen molar-refractivity contribution in [1.29, 1.82) is 0 Å². The Bertz CT molecular complexity index is 250. The number of rotatable bonds is 6. The minimum absolute atomic E-state index is 0.0911. The van der Waals surface area contributed by atoms with Gasteiger partial charge >= 0.3 is 12.1 Å². The van der Waals surface area contributed by atoms with E-state index in [4.69, 9.17) is 0 Å². The van der Waals surface area contributed by atoms with Gasteiger partial charge in [-0.1, -0.05) is 18.7 Å². The Morgan fingerprint density at radius 3 is 2.53 bits per heavy atom. The SMILES string of the molecule is C=CCOC(=O)NC(CC=C)C(=O)OC. The second kappa shape index (κ2) is 7.61. The predicted molar refractivity (Wildman–Crippen MR) is 55.3 cm³/mol. The van der Waals surface area contributed by atoms with Gasteiger partial charge in [-0.2, -0.15) is 0 Å². The lowest BCUT2D eigenvalue weighted by Gasteiger charge is -2.13. The van der Waals surface area contributed by atoms with Crippen LogP contribution in [0.3, 0.4) is 0 Å². The Morgan fingerprint density at radius 1 is 1.40 bits per heavy atom. The van der Waals surface area contributed by atoms with E-state index in [0.717, 1.165) is 0 Å². The highest BCUT2D eigenvalue weighted by Crippen LogP contribution is 1.96. The third-order valence-corrected chi connectivity index (χ3v) is 1.51. The van der Waals surface area contributed by atoms with E-state index in [1.807, 2.05) is 0 Å². The fraction of sp³-hybridized carbons (Fsp3) is 0.400. The molecule has 0 saturated carbocycles. The van der Waals surface area contributed by atoms with E-state index in [9.17, 15) is 9.59 Å². The summed E-state index contributed by atoms with van der Waals surface area (Å²) in [5.41, 5.74) is 0. The van der Waals surface area contributed by atoms with Crippen molar-refractivity contribution >= 4 is 12.1 Å². The van der Waals surface area contributed by atoms with Crippen molar-refractivity contribution in [3.63, 3.8) is 0 Å². The smallest absolute Gasteiger partial charge is 0.408 e. The molecule has 0 radical (unpaired) electrons. The Morgan fingerprint density at radius 2 is 2.07 bits per heavy atom. The number of carbonyl (C=O) groups is 2. The molecule has 1 unspecified atom stereocenters. The number of nitrogens with one attached hydrogen (secondary N) is 1. The van der Waals surface area contributed by atoms with E-state index in [1.54, 1.807) is 0 Å². The molecule has 0 fully saturated rings. The maximum atomic E-state index is 11.2. The lowest BCUT2D eigenvalue weighted by Crippen LogP contribution is -2.41. The zero-order chi connectivity index (χ0) is 11.7. The van der Waals surface area contributed by atoms with E-state index >= 15 is 0 Å². The summed E-state index contributed by atoms with van der Waals surface area (Å²) in [6.07, 6.45) is 2.54. The first-order valence-corrected chi connectivity index (χ1v) is 4.38. The molecule has 0 aromatic carbocycles. The van der Waals surface area contributed by atoms with Gasteiger partial charge in [-0.05, 0) is 6.42 Å². The Hall–Kier alpha value is -1.78. The standard InChI is InChI=1S/C10H15NO4/c1-4-6-8(9(12)14-3)11-10(13)15-7-5-2/h4-5,8H,1-2,6-7H2,3H3,(H,11,13). The molecule has 0 aromatic rings. The topological polar surface area (TPSA) is 64.6 Å². The van der Waals surface area contributed by atoms with Gasteiger partial charge < -0.3 is 14.8 Å². The van der Waals surface area contributed by atoms with E-state index < -0.39 is 18.1 Å². The summed E-state index contributed by atoms with van der Waals surface area (Å²) >= 11 is 0. The average molecular weight is 213 g/mol. The summed E-state index contributed by atoms with van der Waals surface area (Å²) in [4.78, 5) is 22.2. The summed E-state index contributed by atoms with van der Waals surface area (Å²) < 4.78 is 9.15. The summed E-state index contributed by atoms with van der Waals surface area (Å²) in [5, 5.41) is 2.35. The Kier molecular flexibility index (Phi) is 6.70. The Labute approximate surface area is 88.7 Å². The molecule has 0 bridgehead atoms. The van der Waals surface area contributed by atoms with Crippen molar-refractivity contribution in [3.05, 3.63) is 25.3 Å². The van der Waals surface area contributed by atoms with Crippen molar-refractivity contribution < 1.29 is 19.1 Å². The minimum Gasteiger partial charge on any atom is -0.467 e. The highest BCUT2D eigenvalue weighted by atomic mass is 16.6. The molecule has 1 atom stereocenters.